The number of rotatable bonds is 5. The molecule has 3 heterocycles. The fourth-order valence-corrected chi connectivity index (χ4v) is 3.55. The predicted octanol–water partition coefficient (Wildman–Crippen LogP) is 2.66. The van der Waals surface area contributed by atoms with E-state index in [1.54, 1.807) is 23.7 Å². The number of carbonyl (C=O) groups is 2. The van der Waals surface area contributed by atoms with Gasteiger partial charge < -0.3 is 10.6 Å². The number of imidazole rings is 1. The summed E-state index contributed by atoms with van der Waals surface area (Å²) in [5.74, 6) is 0.0661. The Morgan fingerprint density at radius 2 is 1.87 bits per heavy atom. The molecule has 2 N–H and O–H groups in total. The van der Waals surface area contributed by atoms with Crippen LogP contribution < -0.4 is 10.6 Å². The number of hydrogen-bond acceptors (Lipinski definition) is 5. The third-order valence-electron chi connectivity index (χ3n) is 5.48. The maximum absolute atomic E-state index is 12.9. The van der Waals surface area contributed by atoms with Crippen LogP contribution in [0.3, 0.4) is 0 Å². The van der Waals surface area contributed by atoms with Crippen molar-refractivity contribution in [1.29, 1.82) is 0 Å². The quantitative estimate of drug-likeness (QED) is 0.521. The Balaban J connectivity index is 1.38. The van der Waals surface area contributed by atoms with Crippen molar-refractivity contribution in [1.82, 2.24) is 29.5 Å². The summed E-state index contributed by atoms with van der Waals surface area (Å²) < 4.78 is 3.19. The molecule has 1 aliphatic rings. The minimum Gasteiger partial charge on any atom is -0.349 e. The number of nitrogens with one attached hydrogen (secondary N) is 2. The zero-order chi connectivity index (χ0) is 21.4. The van der Waals surface area contributed by atoms with Crippen molar-refractivity contribution in [2.45, 2.75) is 25.3 Å². The number of benzene rings is 1. The van der Waals surface area contributed by atoms with Crippen molar-refractivity contribution in [3.63, 3.8) is 0 Å². The number of nitrogens with zero attached hydrogens (tertiary/aromatic N) is 5. The van der Waals surface area contributed by atoms with E-state index in [0.29, 0.717) is 11.6 Å². The van der Waals surface area contributed by atoms with Crippen LogP contribution in [0, 0.1) is 0 Å². The largest absolute Gasteiger partial charge is 0.349 e. The molecule has 1 saturated carbocycles. The molecule has 9 heteroatoms. The zero-order valence-corrected chi connectivity index (χ0v) is 16.9. The van der Waals surface area contributed by atoms with Crippen molar-refractivity contribution in [2.24, 2.45) is 7.05 Å². The number of fused-ring (bicyclic) bond motifs is 1. The molecule has 5 rings (SSSR count). The molecule has 0 unspecified atom stereocenters. The van der Waals surface area contributed by atoms with Gasteiger partial charge >= 0.3 is 0 Å². The Morgan fingerprint density at radius 3 is 2.61 bits per heavy atom. The van der Waals surface area contributed by atoms with Gasteiger partial charge in [-0.2, -0.15) is 10.1 Å². The van der Waals surface area contributed by atoms with Crippen LogP contribution in [-0.4, -0.2) is 42.0 Å². The molecular formula is C22H21N7O2. The molecule has 1 aliphatic carbocycles. The van der Waals surface area contributed by atoms with Gasteiger partial charge in [0, 0.05) is 31.0 Å². The van der Waals surface area contributed by atoms with Crippen LogP contribution in [0.5, 0.6) is 0 Å². The number of amides is 2. The molecule has 1 fully saturated rings. The van der Waals surface area contributed by atoms with Gasteiger partial charge in [-0.1, -0.05) is 30.3 Å². The number of anilines is 1. The normalized spacial score (nSPS) is 13.7. The van der Waals surface area contributed by atoms with Crippen LogP contribution in [0.1, 0.15) is 40.1 Å². The minimum absolute atomic E-state index is 0.173. The highest BCUT2D eigenvalue weighted by molar-refractivity contribution is 6.10. The molecule has 0 saturated heterocycles. The third-order valence-corrected chi connectivity index (χ3v) is 5.48. The summed E-state index contributed by atoms with van der Waals surface area (Å²) in [4.78, 5) is 34.5. The second kappa shape index (κ2) is 7.67. The third kappa shape index (κ3) is 3.65. The molecule has 1 aromatic carbocycles. The first-order valence-electron chi connectivity index (χ1n) is 10.1. The molecule has 156 valence electrons. The van der Waals surface area contributed by atoms with Gasteiger partial charge in [0.25, 0.3) is 11.8 Å². The van der Waals surface area contributed by atoms with Crippen LogP contribution in [0.25, 0.3) is 17.0 Å². The molecule has 0 bridgehead atoms. The van der Waals surface area contributed by atoms with Crippen molar-refractivity contribution in [3.8, 4) is 11.3 Å². The van der Waals surface area contributed by atoms with E-state index < -0.39 is 5.91 Å². The standard InChI is InChI=1S/C22H21N7O2/c1-28-19(16(12-23-28)20(30)24-15-8-5-9-15)21(31)26-18-10-11-29-13-17(25-22(29)27-18)14-6-3-2-4-7-14/h2-4,6-7,10-13,15H,5,8-9H2,1H3,(H,24,30)(H,25,26,27,31). The zero-order valence-electron chi connectivity index (χ0n) is 16.9. The van der Waals surface area contributed by atoms with E-state index in [4.69, 9.17) is 0 Å². The lowest BCUT2D eigenvalue weighted by atomic mass is 9.93. The van der Waals surface area contributed by atoms with Gasteiger partial charge in [0.05, 0.1) is 17.5 Å². The number of hydrogen-bond donors (Lipinski definition) is 2. The smallest absolute Gasteiger partial charge is 0.275 e. The van der Waals surface area contributed by atoms with Gasteiger partial charge in [-0.15, -0.1) is 0 Å². The monoisotopic (exact) mass is 415 g/mol. The first-order valence-corrected chi connectivity index (χ1v) is 10.1. The van der Waals surface area contributed by atoms with E-state index in [0.717, 1.165) is 30.5 Å². The van der Waals surface area contributed by atoms with Gasteiger partial charge in [-0.25, -0.2) is 4.98 Å². The highest BCUT2D eigenvalue weighted by atomic mass is 16.2. The summed E-state index contributed by atoms with van der Waals surface area (Å²) in [5, 5.41) is 9.80. The van der Waals surface area contributed by atoms with E-state index in [1.807, 2.05) is 36.5 Å². The summed E-state index contributed by atoms with van der Waals surface area (Å²) in [6.07, 6.45) is 8.12. The summed E-state index contributed by atoms with van der Waals surface area (Å²) >= 11 is 0. The van der Waals surface area contributed by atoms with Crippen LogP contribution in [-0.2, 0) is 7.05 Å². The summed E-state index contributed by atoms with van der Waals surface area (Å²) in [6.45, 7) is 0. The summed E-state index contributed by atoms with van der Waals surface area (Å²) in [5.41, 5.74) is 2.21. The Labute approximate surface area is 178 Å². The van der Waals surface area contributed by atoms with Crippen LogP contribution in [0.15, 0.2) is 55.0 Å². The maximum Gasteiger partial charge on any atom is 0.275 e. The fourth-order valence-electron chi connectivity index (χ4n) is 3.55. The van der Waals surface area contributed by atoms with E-state index in [-0.39, 0.29) is 23.2 Å². The molecule has 31 heavy (non-hydrogen) atoms. The second-order valence-corrected chi connectivity index (χ2v) is 7.60. The minimum atomic E-state index is -0.453. The predicted molar refractivity (Wildman–Crippen MR) is 115 cm³/mol. The van der Waals surface area contributed by atoms with Crippen molar-refractivity contribution < 1.29 is 9.59 Å². The SMILES string of the molecule is Cn1ncc(C(=O)NC2CCC2)c1C(=O)Nc1ccn2cc(-c3ccccc3)nc2n1. The van der Waals surface area contributed by atoms with Gasteiger partial charge in [0.15, 0.2) is 0 Å². The van der Waals surface area contributed by atoms with E-state index in [1.165, 1.54) is 10.9 Å². The van der Waals surface area contributed by atoms with Gasteiger partial charge in [-0.3, -0.25) is 18.7 Å². The molecule has 0 aliphatic heterocycles. The first-order chi connectivity index (χ1) is 15.1. The van der Waals surface area contributed by atoms with E-state index in [2.05, 4.69) is 25.7 Å². The lowest BCUT2D eigenvalue weighted by Crippen LogP contribution is -2.40. The van der Waals surface area contributed by atoms with Crippen molar-refractivity contribution in [2.75, 3.05) is 5.32 Å². The molecular weight excluding hydrogens is 394 g/mol. The van der Waals surface area contributed by atoms with Gasteiger partial charge in [0.1, 0.15) is 11.5 Å². The van der Waals surface area contributed by atoms with Gasteiger partial charge in [0.2, 0.25) is 5.78 Å². The summed E-state index contributed by atoms with van der Waals surface area (Å²) in [6, 6.07) is 11.7. The average Bonchev–Trinajstić information content (AvgIpc) is 3.34. The average molecular weight is 415 g/mol. The van der Waals surface area contributed by atoms with E-state index in [9.17, 15) is 9.59 Å². The molecule has 9 nitrogen and oxygen atoms in total. The lowest BCUT2D eigenvalue weighted by molar-refractivity contribution is 0.0906. The topological polar surface area (TPSA) is 106 Å². The van der Waals surface area contributed by atoms with Crippen LogP contribution in [0.2, 0.25) is 0 Å². The molecule has 0 atom stereocenters. The Bertz CT molecular complexity index is 1270. The Morgan fingerprint density at radius 1 is 1.06 bits per heavy atom. The van der Waals surface area contributed by atoms with E-state index >= 15 is 0 Å². The Kier molecular flexibility index (Phi) is 4.70. The van der Waals surface area contributed by atoms with Crippen LogP contribution >= 0.6 is 0 Å². The first kappa shape index (κ1) is 19.0. The van der Waals surface area contributed by atoms with Crippen LogP contribution in [0.4, 0.5) is 5.82 Å². The highest BCUT2D eigenvalue weighted by Gasteiger charge is 2.26. The molecule has 4 aromatic rings. The number of aryl methyl sites for hydroxylation is 1. The number of carbonyl (C=O) groups excluding carboxylic acids is 2. The molecule has 0 radical (unpaired) electrons. The molecule has 2 amide bonds. The molecule has 3 aromatic heterocycles. The second-order valence-electron chi connectivity index (χ2n) is 7.60. The Hall–Kier alpha value is -4.01. The maximum atomic E-state index is 12.9. The van der Waals surface area contributed by atoms with Crippen molar-refractivity contribution in [3.05, 3.63) is 66.2 Å². The fraction of sp³-hybridized carbons (Fsp3) is 0.227. The lowest BCUT2D eigenvalue weighted by Gasteiger charge is -2.26. The molecule has 0 spiro atoms. The van der Waals surface area contributed by atoms with Gasteiger partial charge in [-0.05, 0) is 25.3 Å². The highest BCUT2D eigenvalue weighted by Crippen LogP contribution is 2.21. The van der Waals surface area contributed by atoms with Crippen molar-refractivity contribution >= 4 is 23.4 Å². The summed E-state index contributed by atoms with van der Waals surface area (Å²) in [7, 11) is 1.63. The number of aromatic nitrogens is 5.